The molecule has 0 aliphatic rings. The molecule has 0 atom stereocenters. The molecule has 7 nitrogen and oxygen atoms in total. The van der Waals surface area contributed by atoms with E-state index in [9.17, 15) is 22.8 Å². The summed E-state index contributed by atoms with van der Waals surface area (Å²) in [6.45, 7) is 5.64. The van der Waals surface area contributed by atoms with Gasteiger partial charge in [0, 0.05) is 23.8 Å². The number of nitrogens with one attached hydrogen (secondary N) is 3. The molecule has 38 heavy (non-hydrogen) atoms. The fourth-order valence-electron chi connectivity index (χ4n) is 3.43. The van der Waals surface area contributed by atoms with Crippen LogP contribution in [0.15, 0.2) is 54.7 Å². The third kappa shape index (κ3) is 6.22. The first-order valence-corrected chi connectivity index (χ1v) is 12.5. The van der Waals surface area contributed by atoms with Gasteiger partial charge in [-0.3, -0.25) is 14.6 Å². The van der Waals surface area contributed by atoms with Crippen LogP contribution < -0.4 is 16.0 Å². The topological polar surface area (TPSA) is 96.0 Å². The molecule has 0 unspecified atom stereocenters. The van der Waals surface area contributed by atoms with Crippen LogP contribution in [0.2, 0.25) is 5.02 Å². The van der Waals surface area contributed by atoms with Crippen molar-refractivity contribution in [2.45, 2.75) is 33.5 Å². The number of amides is 2. The fraction of sp³-hybridized carbons (Fsp3) is 0.231. The van der Waals surface area contributed by atoms with E-state index in [0.29, 0.717) is 21.5 Å². The van der Waals surface area contributed by atoms with Gasteiger partial charge in [0.1, 0.15) is 5.52 Å². The lowest BCUT2D eigenvalue weighted by Gasteiger charge is -2.18. The van der Waals surface area contributed by atoms with Gasteiger partial charge in [-0.05, 0) is 53.5 Å². The minimum absolute atomic E-state index is 0.127. The number of hydrogen-bond donors (Lipinski definition) is 3. The Hall–Kier alpha value is -3.70. The fourth-order valence-corrected chi connectivity index (χ4v) is 4.40. The van der Waals surface area contributed by atoms with E-state index in [1.165, 1.54) is 18.3 Å². The SMILES string of the molecule is CC(C)(C)C(=O)NCc1ccc(Cl)c(C(=O)Nc2ccnc3c(Nc4cccc(C(F)(F)F)c4)nsc23)c1. The Bertz CT molecular complexity index is 1520. The molecule has 0 radical (unpaired) electrons. The Morgan fingerprint density at radius 1 is 1.05 bits per heavy atom. The van der Waals surface area contributed by atoms with Crippen LogP contribution in [-0.2, 0) is 17.5 Å². The average Bonchev–Trinajstić information content (AvgIpc) is 3.26. The van der Waals surface area contributed by atoms with Crippen molar-refractivity contribution in [1.82, 2.24) is 14.7 Å². The van der Waals surface area contributed by atoms with Crippen molar-refractivity contribution in [3.63, 3.8) is 0 Å². The van der Waals surface area contributed by atoms with Gasteiger partial charge in [-0.15, -0.1) is 0 Å². The first kappa shape index (κ1) is 27.3. The van der Waals surface area contributed by atoms with Crippen LogP contribution in [0.25, 0.3) is 10.2 Å². The summed E-state index contributed by atoms with van der Waals surface area (Å²) in [6, 6.07) is 11.3. The minimum atomic E-state index is -4.48. The Kier molecular flexibility index (Phi) is 7.61. The second-order valence-electron chi connectivity index (χ2n) is 9.47. The third-order valence-corrected chi connectivity index (χ3v) is 6.67. The molecule has 0 saturated heterocycles. The molecule has 0 fully saturated rings. The predicted molar refractivity (Wildman–Crippen MR) is 143 cm³/mol. The van der Waals surface area contributed by atoms with Crippen LogP contribution in [0, 0.1) is 5.41 Å². The molecule has 4 rings (SSSR count). The highest BCUT2D eigenvalue weighted by molar-refractivity contribution is 7.14. The molecule has 0 saturated carbocycles. The number of halogens is 4. The molecule has 2 aromatic heterocycles. The molecule has 2 heterocycles. The van der Waals surface area contributed by atoms with Gasteiger partial charge in [0.05, 0.1) is 26.5 Å². The van der Waals surface area contributed by atoms with Gasteiger partial charge in [-0.1, -0.05) is 44.5 Å². The number of carbonyl (C=O) groups excluding carboxylic acids is 2. The van der Waals surface area contributed by atoms with Gasteiger partial charge in [-0.25, -0.2) is 0 Å². The largest absolute Gasteiger partial charge is 0.416 e. The maximum absolute atomic E-state index is 13.1. The van der Waals surface area contributed by atoms with E-state index in [4.69, 9.17) is 11.6 Å². The Morgan fingerprint density at radius 3 is 2.53 bits per heavy atom. The summed E-state index contributed by atoms with van der Waals surface area (Å²) >= 11 is 7.32. The molecule has 0 spiro atoms. The Balaban J connectivity index is 1.54. The van der Waals surface area contributed by atoms with Crippen molar-refractivity contribution < 1.29 is 22.8 Å². The second kappa shape index (κ2) is 10.6. The number of carbonyl (C=O) groups is 2. The highest BCUT2D eigenvalue weighted by Crippen LogP contribution is 2.35. The normalized spacial score (nSPS) is 11.9. The maximum Gasteiger partial charge on any atom is 0.416 e. The van der Waals surface area contributed by atoms with Gasteiger partial charge in [0.25, 0.3) is 5.91 Å². The van der Waals surface area contributed by atoms with E-state index in [-0.39, 0.29) is 34.5 Å². The zero-order chi connectivity index (χ0) is 27.7. The molecule has 4 aromatic rings. The van der Waals surface area contributed by atoms with Crippen LogP contribution in [0.4, 0.5) is 30.4 Å². The minimum Gasteiger partial charge on any atom is -0.352 e. The van der Waals surface area contributed by atoms with Crippen LogP contribution in [-0.4, -0.2) is 21.2 Å². The lowest BCUT2D eigenvalue weighted by Crippen LogP contribution is -2.34. The van der Waals surface area contributed by atoms with Crippen LogP contribution in [0.3, 0.4) is 0 Å². The Morgan fingerprint density at radius 2 is 1.82 bits per heavy atom. The molecular weight excluding hydrogens is 539 g/mol. The maximum atomic E-state index is 13.1. The molecule has 3 N–H and O–H groups in total. The van der Waals surface area contributed by atoms with Gasteiger partial charge >= 0.3 is 6.18 Å². The quantitative estimate of drug-likeness (QED) is 0.235. The van der Waals surface area contributed by atoms with Crippen LogP contribution in [0.5, 0.6) is 0 Å². The van der Waals surface area contributed by atoms with E-state index in [1.807, 2.05) is 0 Å². The summed E-state index contributed by atoms with van der Waals surface area (Å²) < 4.78 is 44.0. The number of hydrogen-bond acceptors (Lipinski definition) is 6. The van der Waals surface area contributed by atoms with E-state index >= 15 is 0 Å². The summed E-state index contributed by atoms with van der Waals surface area (Å²) in [5, 5.41) is 8.74. The number of alkyl halides is 3. The molecule has 2 aromatic carbocycles. The van der Waals surface area contributed by atoms with Crippen molar-refractivity contribution in [2.24, 2.45) is 5.41 Å². The molecule has 12 heteroatoms. The summed E-state index contributed by atoms with van der Waals surface area (Å²) in [7, 11) is 0. The first-order chi connectivity index (χ1) is 17.8. The standard InChI is InChI=1S/C26H23ClF3N5O2S/c1-25(2,3)24(37)32-13-14-7-8-18(27)17(11-14)23(36)34-19-9-10-31-20-21(19)38-35-22(20)33-16-6-4-5-15(12-16)26(28,29)30/h4-12H,13H2,1-3H3,(H,32,37)(H,33,35)(H,31,34,36). The highest BCUT2D eigenvalue weighted by Gasteiger charge is 2.30. The van der Waals surface area contributed by atoms with Gasteiger partial charge < -0.3 is 16.0 Å². The smallest absolute Gasteiger partial charge is 0.352 e. The van der Waals surface area contributed by atoms with E-state index < -0.39 is 23.1 Å². The monoisotopic (exact) mass is 561 g/mol. The zero-order valence-electron chi connectivity index (χ0n) is 20.5. The number of anilines is 3. The number of pyridine rings is 1. The van der Waals surface area contributed by atoms with Gasteiger partial charge in [0.2, 0.25) is 5.91 Å². The molecular formula is C26H23ClF3N5O2S. The van der Waals surface area contributed by atoms with Gasteiger partial charge in [-0.2, -0.15) is 17.5 Å². The summed E-state index contributed by atoms with van der Waals surface area (Å²) in [5.41, 5.74) is 0.564. The molecule has 0 aliphatic carbocycles. The van der Waals surface area contributed by atoms with Crippen molar-refractivity contribution in [3.8, 4) is 0 Å². The van der Waals surface area contributed by atoms with Crippen molar-refractivity contribution in [1.29, 1.82) is 0 Å². The second-order valence-corrected chi connectivity index (χ2v) is 10.7. The third-order valence-electron chi connectivity index (χ3n) is 5.47. The van der Waals surface area contributed by atoms with Crippen LogP contribution >= 0.6 is 23.1 Å². The average molecular weight is 562 g/mol. The Labute approximate surface area is 225 Å². The highest BCUT2D eigenvalue weighted by atomic mass is 35.5. The molecule has 198 valence electrons. The summed E-state index contributed by atoms with van der Waals surface area (Å²) in [6.07, 6.45) is -3.02. The zero-order valence-corrected chi connectivity index (χ0v) is 22.1. The number of rotatable bonds is 6. The van der Waals surface area contributed by atoms with Crippen LogP contribution in [0.1, 0.15) is 42.3 Å². The predicted octanol–water partition coefficient (Wildman–Crippen LogP) is 7.02. The summed E-state index contributed by atoms with van der Waals surface area (Å²) in [5.74, 6) is -0.348. The van der Waals surface area contributed by atoms with Crippen molar-refractivity contribution >= 4 is 62.4 Å². The van der Waals surface area contributed by atoms with E-state index in [1.54, 1.807) is 45.0 Å². The number of benzene rings is 2. The van der Waals surface area contributed by atoms with Crippen molar-refractivity contribution in [3.05, 3.63) is 76.4 Å². The molecule has 0 bridgehead atoms. The summed E-state index contributed by atoms with van der Waals surface area (Å²) in [4.78, 5) is 29.6. The van der Waals surface area contributed by atoms with Gasteiger partial charge in [0.15, 0.2) is 5.82 Å². The molecule has 0 aliphatic heterocycles. The van der Waals surface area contributed by atoms with E-state index in [0.717, 1.165) is 23.7 Å². The number of fused-ring (bicyclic) bond motifs is 1. The number of nitrogens with zero attached hydrogens (tertiary/aromatic N) is 2. The van der Waals surface area contributed by atoms with Crippen molar-refractivity contribution in [2.75, 3.05) is 10.6 Å². The molecule has 2 amide bonds. The van der Waals surface area contributed by atoms with E-state index in [2.05, 4.69) is 25.3 Å². The first-order valence-electron chi connectivity index (χ1n) is 11.4. The lowest BCUT2D eigenvalue weighted by molar-refractivity contribution is -0.137. The number of aromatic nitrogens is 2. The lowest BCUT2D eigenvalue weighted by atomic mass is 9.95.